The molecule has 0 bridgehead atoms. The van der Waals surface area contributed by atoms with E-state index in [9.17, 15) is 4.79 Å². The molecule has 1 aromatic rings. The summed E-state index contributed by atoms with van der Waals surface area (Å²) in [5.41, 5.74) is 2.49. The van der Waals surface area contributed by atoms with E-state index in [1.807, 2.05) is 24.3 Å². The minimum atomic E-state index is -0.351. The number of benzene rings is 1. The summed E-state index contributed by atoms with van der Waals surface area (Å²) in [7, 11) is 3.21. The minimum Gasteiger partial charge on any atom is -0.497 e. The molecule has 144 valence electrons. The second-order valence-corrected chi connectivity index (χ2v) is 6.29. The Morgan fingerprint density at radius 2 is 2.08 bits per heavy atom. The van der Waals surface area contributed by atoms with Crippen molar-refractivity contribution in [3.05, 3.63) is 28.9 Å². The maximum atomic E-state index is 10.9. The number of nitrogens with zero attached hydrogens (tertiary/aromatic N) is 1. The Morgan fingerprint density at radius 1 is 1.27 bits per heavy atom. The molecule has 0 saturated carbocycles. The zero-order valence-corrected chi connectivity index (χ0v) is 15.7. The average Bonchev–Trinajstić information content (AvgIpc) is 3.11. The topological polar surface area (TPSA) is 89.5 Å². The molecule has 0 atom stereocenters. The molecule has 1 aliphatic rings. The van der Waals surface area contributed by atoms with Crippen LogP contribution in [0, 0.1) is 0 Å². The van der Waals surface area contributed by atoms with E-state index in [1.165, 1.54) is 5.23 Å². The number of hydroxylamine groups is 3. The maximum absolute atomic E-state index is 10.9. The molecule has 1 aromatic carbocycles. The van der Waals surface area contributed by atoms with Crippen molar-refractivity contribution in [3.8, 4) is 11.5 Å². The minimum absolute atomic E-state index is 0.333. The number of hydrogen-bond donors (Lipinski definition) is 2. The number of hydrogen-bond acceptors (Lipinski definition) is 8. The zero-order valence-electron chi connectivity index (χ0n) is 14.9. The smallest absolute Gasteiger partial charge is 0.243 e. The number of nitrogens with one attached hydrogen (secondary N) is 1. The highest BCUT2D eigenvalue weighted by Gasteiger charge is 2.21. The maximum Gasteiger partial charge on any atom is 0.243 e. The molecule has 1 amide bonds. The van der Waals surface area contributed by atoms with Gasteiger partial charge in [0.1, 0.15) is 11.5 Å². The summed E-state index contributed by atoms with van der Waals surface area (Å²) in [5.74, 6) is 1.06. The third kappa shape index (κ3) is 6.41. The van der Waals surface area contributed by atoms with Crippen LogP contribution in [-0.2, 0) is 13.9 Å². The molecule has 0 spiro atoms. The van der Waals surface area contributed by atoms with E-state index < -0.39 is 0 Å². The second-order valence-electron chi connectivity index (χ2n) is 5.58. The second kappa shape index (κ2) is 10.9. The molecule has 2 N–H and O–H groups in total. The first-order chi connectivity index (χ1) is 12.7. The lowest BCUT2D eigenvalue weighted by molar-refractivity contribution is -0.259. The molecule has 1 fully saturated rings. The molecule has 8 nitrogen and oxygen atoms in total. The van der Waals surface area contributed by atoms with E-state index in [4.69, 9.17) is 23.8 Å². The van der Waals surface area contributed by atoms with Crippen LogP contribution in [0.3, 0.4) is 0 Å². The van der Waals surface area contributed by atoms with E-state index in [-0.39, 0.29) is 5.91 Å². The van der Waals surface area contributed by atoms with Gasteiger partial charge >= 0.3 is 0 Å². The Hall–Kier alpha value is -1.94. The van der Waals surface area contributed by atoms with Crippen molar-refractivity contribution in [1.82, 2.24) is 10.7 Å². The molecule has 26 heavy (non-hydrogen) atoms. The SMILES string of the molecule is COc1ccc(C=C2ON(CCCCCCC(=O)NO)OS2)c(OC)c1. The van der Waals surface area contributed by atoms with E-state index in [1.54, 1.807) is 19.7 Å². The van der Waals surface area contributed by atoms with Crippen LogP contribution in [-0.4, -0.2) is 37.1 Å². The number of carbonyl (C=O) groups is 1. The molecule has 1 heterocycles. The summed E-state index contributed by atoms with van der Waals surface area (Å²) in [6, 6.07) is 5.55. The van der Waals surface area contributed by atoms with Crippen LogP contribution in [0.2, 0.25) is 0 Å². The first-order valence-corrected chi connectivity index (χ1v) is 9.07. The first kappa shape index (κ1) is 20.4. The highest BCUT2D eigenvalue weighted by atomic mass is 32.2. The van der Waals surface area contributed by atoms with E-state index in [0.717, 1.165) is 49.0 Å². The zero-order chi connectivity index (χ0) is 18.8. The van der Waals surface area contributed by atoms with Crippen molar-refractivity contribution in [2.24, 2.45) is 0 Å². The number of rotatable bonds is 10. The monoisotopic (exact) mass is 384 g/mol. The number of methoxy groups -OCH3 is 2. The van der Waals surface area contributed by atoms with Crippen molar-refractivity contribution >= 4 is 24.0 Å². The first-order valence-electron chi connectivity index (χ1n) is 8.33. The van der Waals surface area contributed by atoms with Crippen LogP contribution >= 0.6 is 12.0 Å². The number of ether oxygens (including phenoxy) is 2. The van der Waals surface area contributed by atoms with Gasteiger partial charge in [0.2, 0.25) is 11.0 Å². The quantitative estimate of drug-likeness (QED) is 0.275. The third-order valence-corrected chi connectivity index (χ3v) is 4.33. The number of amides is 1. The summed E-state index contributed by atoms with van der Waals surface area (Å²) in [5, 5.41) is 10.5. The molecule has 0 radical (unpaired) electrons. The lowest BCUT2D eigenvalue weighted by atomic mass is 10.1. The van der Waals surface area contributed by atoms with E-state index in [0.29, 0.717) is 23.8 Å². The fourth-order valence-electron chi connectivity index (χ4n) is 2.34. The Balaban J connectivity index is 1.74. The molecular weight excluding hydrogens is 360 g/mol. The molecule has 0 aromatic heterocycles. The fraction of sp³-hybridized carbons (Fsp3) is 0.471. The van der Waals surface area contributed by atoms with Crippen LogP contribution in [0.15, 0.2) is 23.3 Å². The normalized spacial score (nSPS) is 15.7. The Labute approximate surface area is 157 Å². The Kier molecular flexibility index (Phi) is 8.56. The largest absolute Gasteiger partial charge is 0.497 e. The predicted octanol–water partition coefficient (Wildman–Crippen LogP) is 3.29. The van der Waals surface area contributed by atoms with Gasteiger partial charge in [0.15, 0.2) is 0 Å². The van der Waals surface area contributed by atoms with Crippen LogP contribution in [0.5, 0.6) is 11.5 Å². The molecule has 0 unspecified atom stereocenters. The summed E-state index contributed by atoms with van der Waals surface area (Å²) < 4.78 is 16.0. The molecule has 0 aliphatic carbocycles. The van der Waals surface area contributed by atoms with E-state index >= 15 is 0 Å². The highest BCUT2D eigenvalue weighted by Crippen LogP contribution is 2.34. The molecule has 1 aliphatic heterocycles. The molecule has 2 rings (SSSR count). The van der Waals surface area contributed by atoms with Gasteiger partial charge in [-0.2, -0.15) is 4.28 Å². The summed E-state index contributed by atoms with van der Waals surface area (Å²) in [4.78, 5) is 16.5. The lowest BCUT2D eigenvalue weighted by Gasteiger charge is -2.10. The molecular formula is C17H24N2O6S. The standard InChI is InChI=1S/C17H24N2O6S/c1-22-14-9-8-13(15(12-14)23-2)11-17-24-19(25-26-17)10-6-4-3-5-7-16(20)18-21/h8-9,11-12,21H,3-7,10H2,1-2H3,(H,18,20). The van der Waals surface area contributed by atoms with Crippen molar-refractivity contribution in [1.29, 1.82) is 0 Å². The van der Waals surface area contributed by atoms with Crippen molar-refractivity contribution in [2.75, 3.05) is 20.8 Å². The van der Waals surface area contributed by atoms with Gasteiger partial charge in [-0.05, 0) is 30.2 Å². The van der Waals surface area contributed by atoms with Crippen LogP contribution in [0.25, 0.3) is 6.08 Å². The highest BCUT2D eigenvalue weighted by molar-refractivity contribution is 7.98. The molecule has 9 heteroatoms. The predicted molar refractivity (Wildman–Crippen MR) is 97.0 cm³/mol. The third-order valence-electron chi connectivity index (χ3n) is 3.73. The number of unbranched alkanes of at least 4 members (excludes halogenated alkanes) is 3. The van der Waals surface area contributed by atoms with Gasteiger partial charge in [0, 0.05) is 24.1 Å². The fourth-order valence-corrected chi connectivity index (χ4v) is 2.89. The van der Waals surface area contributed by atoms with Crippen LogP contribution in [0.4, 0.5) is 0 Å². The lowest BCUT2D eigenvalue weighted by Crippen LogP contribution is -2.18. The average molecular weight is 384 g/mol. The van der Waals surface area contributed by atoms with Crippen LogP contribution < -0.4 is 15.0 Å². The number of carbonyl (C=O) groups excluding carboxylic acids is 1. The van der Waals surface area contributed by atoms with Gasteiger partial charge < -0.3 is 14.3 Å². The van der Waals surface area contributed by atoms with Crippen molar-refractivity contribution in [2.45, 2.75) is 32.1 Å². The van der Waals surface area contributed by atoms with Crippen molar-refractivity contribution < 1.29 is 28.6 Å². The van der Waals surface area contributed by atoms with Gasteiger partial charge in [-0.1, -0.05) is 12.8 Å². The van der Waals surface area contributed by atoms with E-state index in [2.05, 4.69) is 0 Å². The van der Waals surface area contributed by atoms with Gasteiger partial charge in [-0.15, -0.1) is 0 Å². The Morgan fingerprint density at radius 3 is 2.81 bits per heavy atom. The Bertz CT molecular complexity index is 625. The van der Waals surface area contributed by atoms with Crippen molar-refractivity contribution in [3.63, 3.8) is 0 Å². The summed E-state index contributed by atoms with van der Waals surface area (Å²) >= 11 is 1.15. The van der Waals surface area contributed by atoms with Gasteiger partial charge in [-0.25, -0.2) is 5.48 Å². The van der Waals surface area contributed by atoms with Gasteiger partial charge in [0.05, 0.1) is 32.8 Å². The summed E-state index contributed by atoms with van der Waals surface area (Å²) in [6.45, 7) is 0.621. The molecule has 1 saturated heterocycles. The van der Waals surface area contributed by atoms with Gasteiger partial charge in [-0.3, -0.25) is 10.0 Å². The van der Waals surface area contributed by atoms with Crippen LogP contribution in [0.1, 0.15) is 37.7 Å². The van der Waals surface area contributed by atoms with Gasteiger partial charge in [0.25, 0.3) is 0 Å². The summed E-state index contributed by atoms with van der Waals surface area (Å²) in [6.07, 6.45) is 5.64.